The molecule has 0 aliphatic heterocycles. The molecule has 6 heteroatoms. The summed E-state index contributed by atoms with van der Waals surface area (Å²) in [6.45, 7) is 4.57. The number of hydrogen-bond acceptors (Lipinski definition) is 4. The van der Waals surface area contributed by atoms with Gasteiger partial charge in [0.1, 0.15) is 17.1 Å². The quantitative estimate of drug-likeness (QED) is 0.797. The summed E-state index contributed by atoms with van der Waals surface area (Å²) in [5.74, 6) is 2.15. The Labute approximate surface area is 123 Å². The van der Waals surface area contributed by atoms with E-state index < -0.39 is 0 Å². The van der Waals surface area contributed by atoms with Gasteiger partial charge in [-0.05, 0) is 26.0 Å². The number of fused-ring (bicyclic) bond motifs is 1. The van der Waals surface area contributed by atoms with E-state index in [2.05, 4.69) is 9.97 Å². The molecular formula is C15H19N5O. The van der Waals surface area contributed by atoms with Gasteiger partial charge in [0.25, 0.3) is 0 Å². The van der Waals surface area contributed by atoms with Gasteiger partial charge in [-0.15, -0.1) is 0 Å². The van der Waals surface area contributed by atoms with Crippen LogP contribution in [0.25, 0.3) is 11.0 Å². The monoisotopic (exact) mass is 285 g/mol. The maximum absolute atomic E-state index is 6.08. The first-order valence-electron chi connectivity index (χ1n) is 6.94. The number of aromatic nitrogens is 4. The number of anilines is 1. The van der Waals surface area contributed by atoms with E-state index in [-0.39, 0.29) is 6.10 Å². The third kappa shape index (κ3) is 2.44. The Morgan fingerprint density at radius 2 is 2.14 bits per heavy atom. The highest BCUT2D eigenvalue weighted by molar-refractivity contribution is 5.84. The lowest BCUT2D eigenvalue weighted by atomic mass is 10.3. The molecule has 2 N–H and O–H groups in total. The number of nitrogens with zero attached hydrogens (tertiary/aromatic N) is 4. The fourth-order valence-electron chi connectivity index (χ4n) is 2.34. The van der Waals surface area contributed by atoms with Crippen molar-refractivity contribution in [3.8, 4) is 5.75 Å². The smallest absolute Gasteiger partial charge is 0.201 e. The molecule has 0 fully saturated rings. The van der Waals surface area contributed by atoms with E-state index in [0.717, 1.165) is 22.6 Å². The first-order valence-corrected chi connectivity index (χ1v) is 6.94. The largest absolute Gasteiger partial charge is 0.489 e. The highest BCUT2D eigenvalue weighted by Crippen LogP contribution is 2.28. The average Bonchev–Trinajstić information content (AvgIpc) is 2.96. The summed E-state index contributed by atoms with van der Waals surface area (Å²) in [6.07, 6.45) is 3.78. The lowest BCUT2D eigenvalue weighted by molar-refractivity contribution is 0.245. The number of nitrogen functional groups attached to an aromatic ring is 1. The van der Waals surface area contributed by atoms with Crippen molar-refractivity contribution >= 4 is 17.0 Å². The average molecular weight is 285 g/mol. The second kappa shape index (κ2) is 5.12. The van der Waals surface area contributed by atoms with E-state index in [0.29, 0.717) is 12.5 Å². The minimum absolute atomic E-state index is 0.0940. The molecule has 21 heavy (non-hydrogen) atoms. The van der Waals surface area contributed by atoms with Gasteiger partial charge in [0.2, 0.25) is 5.95 Å². The zero-order valence-corrected chi connectivity index (χ0v) is 12.4. The molecule has 0 unspecified atom stereocenters. The number of nitrogens with two attached hydrogens (primary N) is 1. The molecule has 0 atom stereocenters. The van der Waals surface area contributed by atoms with E-state index in [1.165, 1.54) is 0 Å². The van der Waals surface area contributed by atoms with Gasteiger partial charge in [0, 0.05) is 19.4 Å². The van der Waals surface area contributed by atoms with Crippen LogP contribution in [0.1, 0.15) is 19.7 Å². The Balaban J connectivity index is 2.07. The second-order valence-electron chi connectivity index (χ2n) is 5.30. The normalized spacial score (nSPS) is 11.4. The predicted molar refractivity (Wildman–Crippen MR) is 82.2 cm³/mol. The zero-order chi connectivity index (χ0) is 15.0. The van der Waals surface area contributed by atoms with Crippen molar-refractivity contribution in [2.45, 2.75) is 26.5 Å². The Morgan fingerprint density at radius 1 is 1.33 bits per heavy atom. The SMILES string of the molecule is CC(C)Oc1cccc2c1nc(N)n2Cc1nccn1C. The van der Waals surface area contributed by atoms with Crippen molar-refractivity contribution in [3.05, 3.63) is 36.4 Å². The van der Waals surface area contributed by atoms with E-state index in [9.17, 15) is 0 Å². The molecule has 0 radical (unpaired) electrons. The third-order valence-corrected chi connectivity index (χ3v) is 3.35. The summed E-state index contributed by atoms with van der Waals surface area (Å²) < 4.78 is 9.72. The van der Waals surface area contributed by atoms with Crippen molar-refractivity contribution in [1.29, 1.82) is 0 Å². The van der Waals surface area contributed by atoms with E-state index >= 15 is 0 Å². The molecule has 0 spiro atoms. The van der Waals surface area contributed by atoms with Crippen molar-refractivity contribution in [2.24, 2.45) is 7.05 Å². The molecule has 0 saturated carbocycles. The minimum Gasteiger partial charge on any atom is -0.489 e. The molecule has 3 rings (SSSR count). The molecule has 1 aromatic carbocycles. The summed E-state index contributed by atoms with van der Waals surface area (Å²) in [4.78, 5) is 8.79. The minimum atomic E-state index is 0.0940. The van der Waals surface area contributed by atoms with Crippen LogP contribution in [-0.4, -0.2) is 25.2 Å². The number of ether oxygens (including phenoxy) is 1. The number of para-hydroxylation sites is 1. The van der Waals surface area contributed by atoms with Crippen LogP contribution in [0.5, 0.6) is 5.75 Å². The van der Waals surface area contributed by atoms with Gasteiger partial charge in [-0.3, -0.25) is 0 Å². The number of imidazole rings is 2. The summed E-state index contributed by atoms with van der Waals surface area (Å²) >= 11 is 0. The number of benzene rings is 1. The number of aryl methyl sites for hydroxylation is 1. The van der Waals surface area contributed by atoms with Gasteiger partial charge < -0.3 is 19.6 Å². The van der Waals surface area contributed by atoms with Crippen LogP contribution in [0.15, 0.2) is 30.6 Å². The first kappa shape index (κ1) is 13.5. The van der Waals surface area contributed by atoms with Crippen LogP contribution in [-0.2, 0) is 13.6 Å². The van der Waals surface area contributed by atoms with E-state index in [1.807, 2.05) is 54.4 Å². The van der Waals surface area contributed by atoms with Gasteiger partial charge >= 0.3 is 0 Å². The summed E-state index contributed by atoms with van der Waals surface area (Å²) in [5, 5.41) is 0. The molecule has 6 nitrogen and oxygen atoms in total. The maximum Gasteiger partial charge on any atom is 0.201 e. The van der Waals surface area contributed by atoms with Crippen LogP contribution in [0.4, 0.5) is 5.95 Å². The van der Waals surface area contributed by atoms with E-state index in [1.54, 1.807) is 6.20 Å². The van der Waals surface area contributed by atoms with E-state index in [4.69, 9.17) is 10.5 Å². The van der Waals surface area contributed by atoms with Crippen molar-refractivity contribution in [2.75, 3.05) is 5.73 Å². The molecule has 110 valence electrons. The molecule has 3 aromatic rings. The molecule has 0 bridgehead atoms. The van der Waals surface area contributed by atoms with Gasteiger partial charge in [0.05, 0.1) is 18.2 Å². The van der Waals surface area contributed by atoms with Gasteiger partial charge in [-0.2, -0.15) is 0 Å². The highest BCUT2D eigenvalue weighted by Gasteiger charge is 2.14. The van der Waals surface area contributed by atoms with Crippen molar-refractivity contribution in [3.63, 3.8) is 0 Å². The summed E-state index contributed by atoms with van der Waals surface area (Å²) in [6, 6.07) is 5.87. The predicted octanol–water partition coefficient (Wildman–Crippen LogP) is 2.19. The molecular weight excluding hydrogens is 266 g/mol. The summed E-state index contributed by atoms with van der Waals surface area (Å²) in [5.41, 5.74) is 7.82. The second-order valence-corrected chi connectivity index (χ2v) is 5.30. The fraction of sp³-hybridized carbons (Fsp3) is 0.333. The van der Waals surface area contributed by atoms with Gasteiger partial charge in [0.15, 0.2) is 0 Å². The number of rotatable bonds is 4. The lowest BCUT2D eigenvalue weighted by Gasteiger charge is -2.10. The highest BCUT2D eigenvalue weighted by atomic mass is 16.5. The Kier molecular flexibility index (Phi) is 3.29. The number of hydrogen-bond donors (Lipinski definition) is 1. The molecule has 2 aromatic heterocycles. The Morgan fingerprint density at radius 3 is 2.81 bits per heavy atom. The van der Waals surface area contributed by atoms with Gasteiger partial charge in [-0.1, -0.05) is 6.07 Å². The molecule has 0 aliphatic carbocycles. The first-order chi connectivity index (χ1) is 10.1. The van der Waals surface area contributed by atoms with Crippen LogP contribution in [0.3, 0.4) is 0 Å². The fourth-order valence-corrected chi connectivity index (χ4v) is 2.34. The third-order valence-electron chi connectivity index (χ3n) is 3.35. The Hall–Kier alpha value is -2.50. The zero-order valence-electron chi connectivity index (χ0n) is 12.4. The Bertz CT molecular complexity index is 772. The molecule has 0 aliphatic rings. The van der Waals surface area contributed by atoms with Crippen molar-refractivity contribution in [1.82, 2.24) is 19.1 Å². The molecule has 0 amide bonds. The summed E-state index contributed by atoms with van der Waals surface area (Å²) in [7, 11) is 1.96. The topological polar surface area (TPSA) is 70.9 Å². The molecule has 2 heterocycles. The lowest BCUT2D eigenvalue weighted by Crippen LogP contribution is -2.08. The maximum atomic E-state index is 6.08. The van der Waals surface area contributed by atoms with Crippen LogP contribution >= 0.6 is 0 Å². The standard InChI is InChI=1S/C15H19N5O/c1-10(2)21-12-6-4-5-11-14(12)18-15(16)20(11)9-13-17-7-8-19(13)3/h4-8,10H,9H2,1-3H3,(H2,16,18). The van der Waals surface area contributed by atoms with Crippen LogP contribution < -0.4 is 10.5 Å². The van der Waals surface area contributed by atoms with Gasteiger partial charge in [-0.25, -0.2) is 9.97 Å². The van der Waals surface area contributed by atoms with Crippen LogP contribution in [0.2, 0.25) is 0 Å². The van der Waals surface area contributed by atoms with Crippen molar-refractivity contribution < 1.29 is 4.74 Å². The molecule has 0 saturated heterocycles. The van der Waals surface area contributed by atoms with Crippen LogP contribution in [0, 0.1) is 0 Å².